The second kappa shape index (κ2) is 4.04. The molecule has 0 aromatic carbocycles. The fourth-order valence-corrected chi connectivity index (χ4v) is 1.34. The number of aliphatic hydroxyl groups is 1. The smallest absolute Gasteiger partial charge is 0.106 e. The summed E-state index contributed by atoms with van der Waals surface area (Å²) in [7, 11) is 0. The molecule has 3 unspecified atom stereocenters. The van der Waals surface area contributed by atoms with Gasteiger partial charge in [0, 0.05) is 13.2 Å². The lowest BCUT2D eigenvalue weighted by molar-refractivity contribution is -0.146. The molecule has 0 aromatic heterocycles. The zero-order chi connectivity index (χ0) is 8.27. The Labute approximate surface area is 67.3 Å². The molecule has 1 rings (SSSR count). The topological polar surface area (TPSA) is 38.7 Å². The van der Waals surface area contributed by atoms with Gasteiger partial charge in [0.1, 0.15) is 6.10 Å². The maximum Gasteiger partial charge on any atom is 0.106 e. The van der Waals surface area contributed by atoms with Gasteiger partial charge in [-0.15, -0.1) is 0 Å². The second-order valence-corrected chi connectivity index (χ2v) is 2.85. The third-order valence-electron chi connectivity index (χ3n) is 2.03. The standard InChI is InChI=1S/C8H16O3/c1-3-10-7-4-5-11-6(2)8(7)9/h6-9H,3-5H2,1-2H3. The minimum absolute atomic E-state index is 0.0243. The van der Waals surface area contributed by atoms with E-state index in [-0.39, 0.29) is 12.2 Å². The van der Waals surface area contributed by atoms with Crippen molar-refractivity contribution >= 4 is 0 Å². The van der Waals surface area contributed by atoms with Crippen LogP contribution in [-0.4, -0.2) is 36.6 Å². The molecule has 0 radical (unpaired) electrons. The van der Waals surface area contributed by atoms with Crippen LogP contribution in [0.3, 0.4) is 0 Å². The summed E-state index contributed by atoms with van der Waals surface area (Å²) in [5.74, 6) is 0. The Morgan fingerprint density at radius 1 is 1.64 bits per heavy atom. The molecule has 1 saturated heterocycles. The van der Waals surface area contributed by atoms with Crippen molar-refractivity contribution in [2.75, 3.05) is 13.2 Å². The minimum atomic E-state index is -0.455. The normalized spacial score (nSPS) is 39.0. The van der Waals surface area contributed by atoms with Gasteiger partial charge < -0.3 is 14.6 Å². The van der Waals surface area contributed by atoms with Crippen LogP contribution in [0.15, 0.2) is 0 Å². The Bertz CT molecular complexity index is 114. The van der Waals surface area contributed by atoms with Gasteiger partial charge in [0.25, 0.3) is 0 Å². The van der Waals surface area contributed by atoms with Gasteiger partial charge in [-0.3, -0.25) is 0 Å². The summed E-state index contributed by atoms with van der Waals surface area (Å²) < 4.78 is 10.6. The summed E-state index contributed by atoms with van der Waals surface area (Å²) in [4.78, 5) is 0. The van der Waals surface area contributed by atoms with E-state index < -0.39 is 6.10 Å². The predicted octanol–water partition coefficient (Wildman–Crippen LogP) is 0.561. The van der Waals surface area contributed by atoms with Gasteiger partial charge in [-0.05, 0) is 20.3 Å². The van der Waals surface area contributed by atoms with Gasteiger partial charge in [0.15, 0.2) is 0 Å². The highest BCUT2D eigenvalue weighted by atomic mass is 16.5. The van der Waals surface area contributed by atoms with Gasteiger partial charge in [0.05, 0.1) is 12.2 Å². The molecule has 11 heavy (non-hydrogen) atoms. The van der Waals surface area contributed by atoms with E-state index in [0.717, 1.165) is 6.42 Å². The molecular weight excluding hydrogens is 144 g/mol. The molecule has 3 heteroatoms. The Hall–Kier alpha value is -0.120. The lowest BCUT2D eigenvalue weighted by Crippen LogP contribution is -2.44. The number of hydrogen-bond donors (Lipinski definition) is 1. The molecule has 0 aliphatic carbocycles. The summed E-state index contributed by atoms with van der Waals surface area (Å²) in [6.45, 7) is 5.17. The van der Waals surface area contributed by atoms with Crippen molar-refractivity contribution < 1.29 is 14.6 Å². The van der Waals surface area contributed by atoms with Crippen molar-refractivity contribution in [2.24, 2.45) is 0 Å². The SMILES string of the molecule is CCOC1CCOC(C)C1O. The molecule has 0 spiro atoms. The highest BCUT2D eigenvalue weighted by Crippen LogP contribution is 2.16. The molecule has 1 heterocycles. The van der Waals surface area contributed by atoms with Gasteiger partial charge >= 0.3 is 0 Å². The van der Waals surface area contributed by atoms with Crippen molar-refractivity contribution in [3.8, 4) is 0 Å². The first-order valence-electron chi connectivity index (χ1n) is 4.17. The lowest BCUT2D eigenvalue weighted by Gasteiger charge is -2.32. The Morgan fingerprint density at radius 2 is 2.36 bits per heavy atom. The summed E-state index contributed by atoms with van der Waals surface area (Å²) in [5, 5.41) is 9.52. The van der Waals surface area contributed by atoms with E-state index >= 15 is 0 Å². The maximum absolute atomic E-state index is 9.52. The van der Waals surface area contributed by atoms with E-state index in [1.54, 1.807) is 0 Å². The minimum Gasteiger partial charge on any atom is -0.388 e. The third-order valence-corrected chi connectivity index (χ3v) is 2.03. The van der Waals surface area contributed by atoms with E-state index in [4.69, 9.17) is 9.47 Å². The summed E-state index contributed by atoms with van der Waals surface area (Å²) in [6.07, 6.45) is 0.243. The van der Waals surface area contributed by atoms with Crippen molar-refractivity contribution in [3.63, 3.8) is 0 Å². The van der Waals surface area contributed by atoms with E-state index in [9.17, 15) is 5.11 Å². The molecule has 0 saturated carbocycles. The van der Waals surface area contributed by atoms with Gasteiger partial charge in [-0.25, -0.2) is 0 Å². The summed E-state index contributed by atoms with van der Waals surface area (Å²) in [6, 6.07) is 0. The number of ether oxygens (including phenoxy) is 2. The quantitative estimate of drug-likeness (QED) is 0.641. The molecule has 0 bridgehead atoms. The Morgan fingerprint density at radius 3 is 3.00 bits per heavy atom. The Kier molecular flexibility index (Phi) is 3.30. The van der Waals surface area contributed by atoms with E-state index in [1.807, 2.05) is 13.8 Å². The molecule has 3 atom stereocenters. The lowest BCUT2D eigenvalue weighted by atomic mass is 10.0. The van der Waals surface area contributed by atoms with Crippen LogP contribution >= 0.6 is 0 Å². The predicted molar refractivity (Wildman–Crippen MR) is 41.5 cm³/mol. The van der Waals surface area contributed by atoms with Crippen LogP contribution in [0.5, 0.6) is 0 Å². The average molecular weight is 160 g/mol. The molecule has 3 nitrogen and oxygen atoms in total. The molecule has 1 N–H and O–H groups in total. The number of aliphatic hydroxyl groups excluding tert-OH is 1. The van der Waals surface area contributed by atoms with Crippen LogP contribution in [0.4, 0.5) is 0 Å². The fraction of sp³-hybridized carbons (Fsp3) is 1.00. The van der Waals surface area contributed by atoms with Crippen LogP contribution in [0, 0.1) is 0 Å². The number of rotatable bonds is 2. The van der Waals surface area contributed by atoms with Crippen LogP contribution in [0.25, 0.3) is 0 Å². The van der Waals surface area contributed by atoms with Gasteiger partial charge in [-0.2, -0.15) is 0 Å². The van der Waals surface area contributed by atoms with Crippen LogP contribution in [0.1, 0.15) is 20.3 Å². The van der Waals surface area contributed by atoms with Crippen molar-refractivity contribution in [1.82, 2.24) is 0 Å². The van der Waals surface area contributed by atoms with Gasteiger partial charge in [0.2, 0.25) is 0 Å². The second-order valence-electron chi connectivity index (χ2n) is 2.85. The first-order chi connectivity index (χ1) is 5.25. The van der Waals surface area contributed by atoms with Crippen LogP contribution < -0.4 is 0 Å². The van der Waals surface area contributed by atoms with Gasteiger partial charge in [-0.1, -0.05) is 0 Å². The van der Waals surface area contributed by atoms with Crippen LogP contribution in [-0.2, 0) is 9.47 Å². The van der Waals surface area contributed by atoms with Crippen molar-refractivity contribution in [2.45, 2.75) is 38.6 Å². The monoisotopic (exact) mass is 160 g/mol. The molecule has 1 fully saturated rings. The van der Waals surface area contributed by atoms with Crippen LogP contribution in [0.2, 0.25) is 0 Å². The third kappa shape index (κ3) is 2.15. The zero-order valence-electron chi connectivity index (χ0n) is 7.12. The average Bonchev–Trinajstić information content (AvgIpc) is 1.99. The molecule has 1 aliphatic rings. The molecule has 1 aliphatic heterocycles. The first kappa shape index (κ1) is 8.97. The highest BCUT2D eigenvalue weighted by Gasteiger charge is 2.29. The number of hydrogen-bond acceptors (Lipinski definition) is 3. The summed E-state index contributed by atoms with van der Waals surface area (Å²) >= 11 is 0. The Balaban J connectivity index is 2.38. The molecule has 0 aromatic rings. The molecular formula is C8H16O3. The highest BCUT2D eigenvalue weighted by molar-refractivity contribution is 4.78. The van der Waals surface area contributed by atoms with E-state index in [2.05, 4.69) is 0 Å². The largest absolute Gasteiger partial charge is 0.388 e. The van der Waals surface area contributed by atoms with Crippen molar-refractivity contribution in [1.29, 1.82) is 0 Å². The van der Waals surface area contributed by atoms with E-state index in [1.165, 1.54) is 0 Å². The zero-order valence-corrected chi connectivity index (χ0v) is 7.12. The first-order valence-corrected chi connectivity index (χ1v) is 4.17. The fourth-order valence-electron chi connectivity index (χ4n) is 1.34. The van der Waals surface area contributed by atoms with Crippen molar-refractivity contribution in [3.05, 3.63) is 0 Å². The maximum atomic E-state index is 9.52. The molecule has 0 amide bonds. The van der Waals surface area contributed by atoms with E-state index in [0.29, 0.717) is 13.2 Å². The molecule has 66 valence electrons. The summed E-state index contributed by atoms with van der Waals surface area (Å²) in [5.41, 5.74) is 0.